The average Bonchev–Trinajstić information content (AvgIpc) is 3.28. The molecular formula is C16H30N2O3. The Kier molecular flexibility index (Phi) is 5.63. The minimum atomic E-state index is -0.574. The smallest absolute Gasteiger partial charge is 0.325 e. The Balaban J connectivity index is 1.94. The molecule has 1 aliphatic carbocycles. The molecule has 5 heteroatoms. The maximum absolute atomic E-state index is 12.2. The van der Waals surface area contributed by atoms with Crippen molar-refractivity contribution >= 4 is 5.97 Å². The van der Waals surface area contributed by atoms with E-state index in [0.717, 1.165) is 32.5 Å². The van der Waals surface area contributed by atoms with Gasteiger partial charge in [0.25, 0.3) is 0 Å². The number of nitrogens with zero attached hydrogens (tertiary/aromatic N) is 1. The fourth-order valence-electron chi connectivity index (χ4n) is 3.07. The van der Waals surface area contributed by atoms with E-state index in [-0.39, 0.29) is 12.1 Å². The maximum atomic E-state index is 12.2. The van der Waals surface area contributed by atoms with Crippen molar-refractivity contribution in [3.63, 3.8) is 0 Å². The van der Waals surface area contributed by atoms with Crippen LogP contribution in [0.25, 0.3) is 0 Å². The van der Waals surface area contributed by atoms with Crippen LogP contribution in [0.2, 0.25) is 0 Å². The molecule has 0 aromatic heterocycles. The molecule has 1 heterocycles. The minimum Gasteiger partial charge on any atom is -0.468 e. The number of hydrogen-bond acceptors (Lipinski definition) is 5. The molecule has 0 bridgehead atoms. The van der Waals surface area contributed by atoms with Crippen molar-refractivity contribution in [2.75, 3.05) is 26.8 Å². The van der Waals surface area contributed by atoms with Gasteiger partial charge in [-0.05, 0) is 39.5 Å². The molecule has 3 unspecified atom stereocenters. The predicted octanol–water partition coefficient (Wildman–Crippen LogP) is 1.56. The highest BCUT2D eigenvalue weighted by molar-refractivity contribution is 5.80. The first-order valence-corrected chi connectivity index (χ1v) is 8.20. The third-order valence-corrected chi connectivity index (χ3v) is 4.69. The summed E-state index contributed by atoms with van der Waals surface area (Å²) >= 11 is 0. The van der Waals surface area contributed by atoms with Crippen LogP contribution < -0.4 is 5.32 Å². The summed E-state index contributed by atoms with van der Waals surface area (Å²) in [7, 11) is 1.47. The molecule has 2 aliphatic rings. The fraction of sp³-hybridized carbons (Fsp3) is 0.938. The van der Waals surface area contributed by atoms with Crippen LogP contribution in [0.1, 0.15) is 46.5 Å². The van der Waals surface area contributed by atoms with Crippen LogP contribution in [0.4, 0.5) is 0 Å². The Labute approximate surface area is 128 Å². The molecule has 0 aromatic carbocycles. The van der Waals surface area contributed by atoms with Gasteiger partial charge in [-0.25, -0.2) is 0 Å². The van der Waals surface area contributed by atoms with Crippen LogP contribution in [0.15, 0.2) is 0 Å². The van der Waals surface area contributed by atoms with Gasteiger partial charge >= 0.3 is 5.97 Å². The molecule has 5 nitrogen and oxygen atoms in total. The number of nitrogens with one attached hydrogen (secondary N) is 1. The summed E-state index contributed by atoms with van der Waals surface area (Å²) < 4.78 is 10.8. The predicted molar refractivity (Wildman–Crippen MR) is 82.3 cm³/mol. The summed E-state index contributed by atoms with van der Waals surface area (Å²) in [5, 5.41) is 3.47. The van der Waals surface area contributed by atoms with E-state index >= 15 is 0 Å². The minimum absolute atomic E-state index is 0.149. The summed E-state index contributed by atoms with van der Waals surface area (Å²) in [6, 6.07) is 0.948. The highest BCUT2D eigenvalue weighted by Crippen LogP contribution is 2.26. The Morgan fingerprint density at radius 2 is 2.19 bits per heavy atom. The van der Waals surface area contributed by atoms with E-state index in [1.54, 1.807) is 0 Å². The van der Waals surface area contributed by atoms with E-state index in [4.69, 9.17) is 9.47 Å². The van der Waals surface area contributed by atoms with Crippen LogP contribution >= 0.6 is 0 Å². The maximum Gasteiger partial charge on any atom is 0.325 e. The van der Waals surface area contributed by atoms with E-state index in [9.17, 15) is 4.79 Å². The number of morpholine rings is 1. The summed E-state index contributed by atoms with van der Waals surface area (Å²) in [5.41, 5.74) is -0.574. The van der Waals surface area contributed by atoms with Gasteiger partial charge in [0, 0.05) is 25.2 Å². The van der Waals surface area contributed by atoms with Crippen molar-refractivity contribution in [2.24, 2.45) is 0 Å². The summed E-state index contributed by atoms with van der Waals surface area (Å²) in [6.45, 7) is 8.92. The van der Waals surface area contributed by atoms with Crippen molar-refractivity contribution < 1.29 is 14.3 Å². The van der Waals surface area contributed by atoms with Crippen molar-refractivity contribution in [3.8, 4) is 0 Å². The second kappa shape index (κ2) is 7.07. The van der Waals surface area contributed by atoms with Crippen LogP contribution in [0.5, 0.6) is 0 Å². The highest BCUT2D eigenvalue weighted by Gasteiger charge is 2.40. The topological polar surface area (TPSA) is 50.8 Å². The zero-order chi connectivity index (χ0) is 15.5. The van der Waals surface area contributed by atoms with E-state index in [1.807, 2.05) is 6.92 Å². The lowest BCUT2D eigenvalue weighted by molar-refractivity contribution is -0.148. The quantitative estimate of drug-likeness (QED) is 0.723. The molecule has 21 heavy (non-hydrogen) atoms. The van der Waals surface area contributed by atoms with Gasteiger partial charge in [-0.2, -0.15) is 0 Å². The zero-order valence-electron chi connectivity index (χ0n) is 13.9. The number of carbonyl (C=O) groups is 1. The van der Waals surface area contributed by atoms with Crippen LogP contribution in [0.3, 0.4) is 0 Å². The van der Waals surface area contributed by atoms with Gasteiger partial charge in [0.05, 0.1) is 19.8 Å². The fourth-order valence-corrected chi connectivity index (χ4v) is 3.07. The Bertz CT molecular complexity index is 359. The first-order chi connectivity index (χ1) is 9.98. The Hall–Kier alpha value is -0.650. The summed E-state index contributed by atoms with van der Waals surface area (Å²) in [4.78, 5) is 14.6. The van der Waals surface area contributed by atoms with Crippen LogP contribution in [-0.2, 0) is 14.3 Å². The molecule has 3 atom stereocenters. The Morgan fingerprint density at radius 1 is 1.48 bits per heavy atom. The van der Waals surface area contributed by atoms with Gasteiger partial charge in [0.1, 0.15) is 5.54 Å². The highest BCUT2D eigenvalue weighted by atomic mass is 16.5. The Morgan fingerprint density at radius 3 is 2.76 bits per heavy atom. The molecule has 122 valence electrons. The number of hydrogen-bond donors (Lipinski definition) is 1. The molecule has 1 N–H and O–H groups in total. The lowest BCUT2D eigenvalue weighted by Crippen LogP contribution is -2.55. The van der Waals surface area contributed by atoms with Gasteiger partial charge in [0.2, 0.25) is 0 Å². The molecular weight excluding hydrogens is 268 g/mol. The van der Waals surface area contributed by atoms with Gasteiger partial charge in [-0.1, -0.05) is 6.92 Å². The molecule has 2 rings (SSSR count). The molecule has 2 fully saturated rings. The van der Waals surface area contributed by atoms with E-state index < -0.39 is 5.54 Å². The number of esters is 1. The molecule has 1 aliphatic heterocycles. The van der Waals surface area contributed by atoms with Crippen molar-refractivity contribution in [1.82, 2.24) is 10.2 Å². The average molecular weight is 298 g/mol. The molecule has 1 saturated carbocycles. The lowest BCUT2D eigenvalue weighted by atomic mass is 9.96. The SMILES string of the molecule is CCC1COC(C)CN1CCC(C)(NC1CC1)C(=O)OC. The number of methoxy groups -OCH3 is 1. The second-order valence-electron chi connectivity index (χ2n) is 6.69. The molecule has 0 radical (unpaired) electrons. The van der Waals surface area contributed by atoms with Crippen molar-refractivity contribution in [3.05, 3.63) is 0 Å². The number of ether oxygens (including phenoxy) is 2. The van der Waals surface area contributed by atoms with Crippen molar-refractivity contribution in [1.29, 1.82) is 0 Å². The number of carbonyl (C=O) groups excluding carboxylic acids is 1. The third-order valence-electron chi connectivity index (χ3n) is 4.69. The van der Waals surface area contributed by atoms with Gasteiger partial charge < -0.3 is 9.47 Å². The molecule has 0 amide bonds. The standard InChI is InChI=1S/C16H30N2O3/c1-5-14-11-21-12(2)10-18(14)9-8-16(3,15(19)20-4)17-13-6-7-13/h12-14,17H,5-11H2,1-4H3. The van der Waals surface area contributed by atoms with Crippen molar-refractivity contribution in [2.45, 2.75) is 70.2 Å². The van der Waals surface area contributed by atoms with Crippen LogP contribution in [0, 0.1) is 0 Å². The van der Waals surface area contributed by atoms with Gasteiger partial charge in [-0.15, -0.1) is 0 Å². The van der Waals surface area contributed by atoms with Gasteiger partial charge in [-0.3, -0.25) is 15.0 Å². The lowest BCUT2D eigenvalue weighted by Gasteiger charge is -2.40. The van der Waals surface area contributed by atoms with E-state index in [0.29, 0.717) is 12.1 Å². The zero-order valence-corrected chi connectivity index (χ0v) is 13.9. The van der Waals surface area contributed by atoms with Crippen LogP contribution in [-0.4, -0.2) is 61.4 Å². The first kappa shape index (κ1) is 16.7. The second-order valence-corrected chi connectivity index (χ2v) is 6.69. The normalized spacial score (nSPS) is 29.9. The largest absolute Gasteiger partial charge is 0.468 e. The van der Waals surface area contributed by atoms with Gasteiger partial charge in [0.15, 0.2) is 0 Å². The summed E-state index contributed by atoms with van der Waals surface area (Å²) in [5.74, 6) is -0.149. The summed E-state index contributed by atoms with van der Waals surface area (Å²) in [6.07, 6.45) is 4.46. The first-order valence-electron chi connectivity index (χ1n) is 8.20. The molecule has 0 aromatic rings. The third kappa shape index (κ3) is 4.41. The number of rotatable bonds is 7. The van der Waals surface area contributed by atoms with E-state index in [1.165, 1.54) is 20.0 Å². The molecule has 0 spiro atoms. The van der Waals surface area contributed by atoms with E-state index in [2.05, 4.69) is 24.1 Å². The monoisotopic (exact) mass is 298 g/mol. The molecule has 1 saturated heterocycles.